The number of amides is 1. The molecule has 0 unspecified atom stereocenters. The summed E-state index contributed by atoms with van der Waals surface area (Å²) in [5.41, 5.74) is 2.43. The van der Waals surface area contributed by atoms with Crippen molar-refractivity contribution in [1.82, 2.24) is 0 Å². The standard InChI is InChI=1S/C19H23N2O/c22-19(12-4-7-15-20-13-5-1-6-14-20)21-16-8-10-17-9-2-3-11-18(17)21/h1-3,5-6,9,11,13-14H,4,7-8,10,12,15-16H2/q+1. The molecule has 114 valence electrons. The van der Waals surface area contributed by atoms with E-state index in [0.717, 1.165) is 44.5 Å². The summed E-state index contributed by atoms with van der Waals surface area (Å²) in [7, 11) is 0. The lowest BCUT2D eigenvalue weighted by Crippen LogP contribution is -2.35. The van der Waals surface area contributed by atoms with Crippen molar-refractivity contribution >= 4 is 11.6 Å². The molecule has 2 heterocycles. The SMILES string of the molecule is O=C(CCCC[n+]1ccccc1)N1CCCc2ccccc21. The number of anilines is 1. The summed E-state index contributed by atoms with van der Waals surface area (Å²) in [5.74, 6) is 0.269. The van der Waals surface area contributed by atoms with E-state index in [-0.39, 0.29) is 5.91 Å². The van der Waals surface area contributed by atoms with Crippen LogP contribution >= 0.6 is 0 Å². The van der Waals surface area contributed by atoms with Crippen molar-refractivity contribution in [3.63, 3.8) is 0 Å². The molecular weight excluding hydrogens is 272 g/mol. The highest BCUT2D eigenvalue weighted by molar-refractivity contribution is 5.94. The van der Waals surface area contributed by atoms with Gasteiger partial charge in [-0.3, -0.25) is 4.79 Å². The summed E-state index contributed by atoms with van der Waals surface area (Å²) in [6, 6.07) is 14.4. The minimum Gasteiger partial charge on any atom is -0.312 e. The molecule has 3 rings (SSSR count). The second kappa shape index (κ2) is 7.21. The number of hydrogen-bond acceptors (Lipinski definition) is 1. The average molecular weight is 295 g/mol. The monoisotopic (exact) mass is 295 g/mol. The van der Waals surface area contributed by atoms with Gasteiger partial charge in [-0.05, 0) is 30.9 Å². The van der Waals surface area contributed by atoms with E-state index < -0.39 is 0 Å². The fourth-order valence-corrected chi connectivity index (χ4v) is 3.08. The van der Waals surface area contributed by atoms with Crippen molar-refractivity contribution in [3.8, 4) is 0 Å². The number of unbranched alkanes of at least 4 members (excludes halogenated alkanes) is 1. The molecule has 3 heteroatoms. The first-order valence-electron chi connectivity index (χ1n) is 8.17. The molecule has 1 aliphatic heterocycles. The van der Waals surface area contributed by atoms with Crippen molar-refractivity contribution in [2.75, 3.05) is 11.4 Å². The molecule has 2 aromatic rings. The van der Waals surface area contributed by atoms with Crippen molar-refractivity contribution in [1.29, 1.82) is 0 Å². The first kappa shape index (κ1) is 14.8. The van der Waals surface area contributed by atoms with Crippen LogP contribution in [0, 0.1) is 0 Å². The first-order valence-corrected chi connectivity index (χ1v) is 8.17. The molecule has 0 saturated heterocycles. The Labute approximate surface area is 132 Å². The minimum absolute atomic E-state index is 0.269. The largest absolute Gasteiger partial charge is 0.312 e. The van der Waals surface area contributed by atoms with Gasteiger partial charge in [0.2, 0.25) is 5.91 Å². The number of aromatic nitrogens is 1. The van der Waals surface area contributed by atoms with E-state index in [1.165, 1.54) is 5.56 Å². The summed E-state index contributed by atoms with van der Waals surface area (Å²) < 4.78 is 2.17. The maximum Gasteiger partial charge on any atom is 0.226 e. The second-order valence-corrected chi connectivity index (χ2v) is 5.85. The van der Waals surface area contributed by atoms with Gasteiger partial charge in [0, 0.05) is 37.2 Å². The van der Waals surface area contributed by atoms with Crippen LogP contribution in [0.2, 0.25) is 0 Å². The van der Waals surface area contributed by atoms with Gasteiger partial charge in [-0.2, -0.15) is 0 Å². The molecule has 22 heavy (non-hydrogen) atoms. The molecule has 0 N–H and O–H groups in total. The van der Waals surface area contributed by atoms with E-state index in [1.54, 1.807) is 0 Å². The van der Waals surface area contributed by atoms with Crippen LogP contribution in [0.4, 0.5) is 5.69 Å². The zero-order valence-corrected chi connectivity index (χ0v) is 12.9. The van der Waals surface area contributed by atoms with Crippen LogP contribution in [0.15, 0.2) is 54.9 Å². The third-order valence-electron chi connectivity index (χ3n) is 4.25. The highest BCUT2D eigenvalue weighted by Gasteiger charge is 2.21. The Bertz CT molecular complexity index is 624. The number of aryl methyl sites for hydroxylation is 2. The van der Waals surface area contributed by atoms with Gasteiger partial charge in [0.1, 0.15) is 6.54 Å². The number of fused-ring (bicyclic) bond motifs is 1. The van der Waals surface area contributed by atoms with Gasteiger partial charge < -0.3 is 4.90 Å². The molecular formula is C19H23N2O+. The third-order valence-corrected chi connectivity index (χ3v) is 4.25. The van der Waals surface area contributed by atoms with E-state index in [4.69, 9.17) is 0 Å². The van der Waals surface area contributed by atoms with Crippen LogP contribution in [-0.2, 0) is 17.8 Å². The van der Waals surface area contributed by atoms with Crippen LogP contribution in [-0.4, -0.2) is 12.5 Å². The van der Waals surface area contributed by atoms with Gasteiger partial charge in [0.25, 0.3) is 0 Å². The maximum atomic E-state index is 12.5. The van der Waals surface area contributed by atoms with Gasteiger partial charge in [-0.25, -0.2) is 4.57 Å². The molecule has 0 aliphatic carbocycles. The Balaban J connectivity index is 1.51. The molecule has 1 aliphatic rings. The van der Waals surface area contributed by atoms with Crippen molar-refractivity contribution in [2.45, 2.75) is 38.6 Å². The normalized spacial score (nSPS) is 13.7. The molecule has 0 bridgehead atoms. The number of benzene rings is 1. The first-order chi connectivity index (χ1) is 10.8. The molecule has 0 spiro atoms. The number of para-hydroxylation sites is 1. The van der Waals surface area contributed by atoms with Crippen LogP contribution in [0.25, 0.3) is 0 Å². The highest BCUT2D eigenvalue weighted by atomic mass is 16.2. The number of carbonyl (C=O) groups excluding carboxylic acids is 1. The lowest BCUT2D eigenvalue weighted by molar-refractivity contribution is -0.697. The highest BCUT2D eigenvalue weighted by Crippen LogP contribution is 2.27. The van der Waals surface area contributed by atoms with Crippen LogP contribution in [0.3, 0.4) is 0 Å². The average Bonchev–Trinajstić information content (AvgIpc) is 2.59. The van der Waals surface area contributed by atoms with E-state index in [2.05, 4.69) is 35.2 Å². The molecule has 0 atom stereocenters. The fourth-order valence-electron chi connectivity index (χ4n) is 3.08. The van der Waals surface area contributed by atoms with Gasteiger partial charge in [-0.15, -0.1) is 0 Å². The summed E-state index contributed by atoms with van der Waals surface area (Å²) >= 11 is 0. The molecule has 0 radical (unpaired) electrons. The van der Waals surface area contributed by atoms with Gasteiger partial charge in [-0.1, -0.05) is 24.3 Å². The Morgan fingerprint density at radius 2 is 1.86 bits per heavy atom. The maximum absolute atomic E-state index is 12.5. The van der Waals surface area contributed by atoms with Gasteiger partial charge in [0.15, 0.2) is 12.4 Å². The Kier molecular flexibility index (Phi) is 4.84. The van der Waals surface area contributed by atoms with Gasteiger partial charge >= 0.3 is 0 Å². The van der Waals surface area contributed by atoms with Crippen LogP contribution in [0.5, 0.6) is 0 Å². The predicted molar refractivity (Wildman–Crippen MR) is 87.6 cm³/mol. The summed E-state index contributed by atoms with van der Waals surface area (Å²) in [5, 5.41) is 0. The molecule has 0 saturated carbocycles. The fraction of sp³-hybridized carbons (Fsp3) is 0.368. The quantitative estimate of drug-likeness (QED) is 0.614. The van der Waals surface area contributed by atoms with Crippen LogP contribution in [0.1, 0.15) is 31.2 Å². The molecule has 1 aromatic carbocycles. The smallest absolute Gasteiger partial charge is 0.226 e. The zero-order chi connectivity index (χ0) is 15.2. The number of rotatable bonds is 5. The predicted octanol–water partition coefficient (Wildman–Crippen LogP) is 3.12. The van der Waals surface area contributed by atoms with E-state index in [1.807, 2.05) is 29.2 Å². The summed E-state index contributed by atoms with van der Waals surface area (Å²) in [4.78, 5) is 14.5. The zero-order valence-electron chi connectivity index (χ0n) is 12.9. The van der Waals surface area contributed by atoms with Crippen molar-refractivity contribution < 1.29 is 9.36 Å². The van der Waals surface area contributed by atoms with E-state index in [0.29, 0.717) is 6.42 Å². The molecule has 1 amide bonds. The molecule has 1 aromatic heterocycles. The molecule has 3 nitrogen and oxygen atoms in total. The number of hydrogen-bond donors (Lipinski definition) is 0. The van der Waals surface area contributed by atoms with Crippen molar-refractivity contribution in [2.24, 2.45) is 0 Å². The van der Waals surface area contributed by atoms with E-state index in [9.17, 15) is 4.79 Å². The van der Waals surface area contributed by atoms with Crippen molar-refractivity contribution in [3.05, 3.63) is 60.4 Å². The van der Waals surface area contributed by atoms with E-state index >= 15 is 0 Å². The number of nitrogens with zero attached hydrogens (tertiary/aromatic N) is 2. The minimum atomic E-state index is 0.269. The topological polar surface area (TPSA) is 24.2 Å². The Morgan fingerprint density at radius 3 is 2.73 bits per heavy atom. The Morgan fingerprint density at radius 1 is 1.05 bits per heavy atom. The molecule has 0 fully saturated rings. The van der Waals surface area contributed by atoms with Gasteiger partial charge in [0.05, 0.1) is 0 Å². The summed E-state index contributed by atoms with van der Waals surface area (Å²) in [6.45, 7) is 1.84. The van der Waals surface area contributed by atoms with Crippen LogP contribution < -0.4 is 9.47 Å². The second-order valence-electron chi connectivity index (χ2n) is 5.85. The lowest BCUT2D eigenvalue weighted by Gasteiger charge is -2.29. The number of carbonyl (C=O) groups is 1. The lowest BCUT2D eigenvalue weighted by atomic mass is 10.0. The summed E-state index contributed by atoms with van der Waals surface area (Å²) in [6.07, 6.45) is 8.93. The third kappa shape index (κ3) is 3.53. The Hall–Kier alpha value is -2.16. The number of pyridine rings is 1.